The molecule has 0 unspecified atom stereocenters. The first-order valence-corrected chi connectivity index (χ1v) is 8.15. The fourth-order valence-corrected chi connectivity index (χ4v) is 2.96. The molecule has 0 saturated carbocycles. The SMILES string of the molecule is Cn1cc(CNc2nc(-c3ccco3)nc3c2CCNCC3)cn1. The molecule has 0 spiro atoms. The van der Waals surface area contributed by atoms with E-state index in [0.717, 1.165) is 43.0 Å². The van der Waals surface area contributed by atoms with Gasteiger partial charge in [-0.25, -0.2) is 9.97 Å². The summed E-state index contributed by atoms with van der Waals surface area (Å²) in [5.74, 6) is 2.22. The molecule has 0 saturated heterocycles. The first kappa shape index (κ1) is 14.9. The van der Waals surface area contributed by atoms with E-state index in [4.69, 9.17) is 14.4 Å². The van der Waals surface area contributed by atoms with Gasteiger partial charge in [-0.2, -0.15) is 5.10 Å². The predicted molar refractivity (Wildman–Crippen MR) is 90.5 cm³/mol. The molecule has 0 radical (unpaired) electrons. The Labute approximate surface area is 140 Å². The zero-order valence-corrected chi connectivity index (χ0v) is 13.6. The predicted octanol–water partition coefficient (Wildman–Crippen LogP) is 1.77. The molecule has 4 heterocycles. The van der Waals surface area contributed by atoms with Gasteiger partial charge in [-0.15, -0.1) is 0 Å². The van der Waals surface area contributed by atoms with Crippen LogP contribution in [0.25, 0.3) is 11.6 Å². The van der Waals surface area contributed by atoms with Crippen LogP contribution < -0.4 is 10.6 Å². The number of anilines is 1. The van der Waals surface area contributed by atoms with Crippen LogP contribution in [0.4, 0.5) is 5.82 Å². The van der Waals surface area contributed by atoms with Gasteiger partial charge < -0.3 is 15.1 Å². The largest absolute Gasteiger partial charge is 0.461 e. The molecule has 1 aliphatic rings. The maximum absolute atomic E-state index is 5.48. The maximum Gasteiger partial charge on any atom is 0.197 e. The maximum atomic E-state index is 5.48. The summed E-state index contributed by atoms with van der Waals surface area (Å²) in [6.07, 6.45) is 7.33. The molecule has 124 valence electrons. The van der Waals surface area contributed by atoms with Gasteiger partial charge in [0, 0.05) is 43.9 Å². The van der Waals surface area contributed by atoms with Gasteiger partial charge >= 0.3 is 0 Å². The summed E-state index contributed by atoms with van der Waals surface area (Å²) in [5.41, 5.74) is 3.41. The quantitative estimate of drug-likeness (QED) is 0.761. The molecule has 2 N–H and O–H groups in total. The van der Waals surface area contributed by atoms with Gasteiger partial charge in [0.15, 0.2) is 11.6 Å². The van der Waals surface area contributed by atoms with E-state index in [9.17, 15) is 0 Å². The molecule has 3 aromatic rings. The summed E-state index contributed by atoms with van der Waals surface area (Å²) in [6, 6.07) is 3.75. The van der Waals surface area contributed by atoms with E-state index < -0.39 is 0 Å². The van der Waals surface area contributed by atoms with E-state index in [-0.39, 0.29) is 0 Å². The van der Waals surface area contributed by atoms with Crippen LogP contribution in [0.2, 0.25) is 0 Å². The number of hydrogen-bond acceptors (Lipinski definition) is 6. The first-order chi connectivity index (χ1) is 11.8. The van der Waals surface area contributed by atoms with Gasteiger partial charge in [-0.05, 0) is 25.1 Å². The number of rotatable bonds is 4. The Bertz CT molecular complexity index is 824. The molecule has 0 aliphatic carbocycles. The van der Waals surface area contributed by atoms with Crippen LogP contribution in [0.3, 0.4) is 0 Å². The van der Waals surface area contributed by atoms with Gasteiger partial charge in [-0.3, -0.25) is 4.68 Å². The van der Waals surface area contributed by atoms with Crippen molar-refractivity contribution in [3.05, 3.63) is 47.6 Å². The number of aromatic nitrogens is 4. The zero-order valence-electron chi connectivity index (χ0n) is 13.6. The highest BCUT2D eigenvalue weighted by atomic mass is 16.3. The highest BCUT2D eigenvalue weighted by molar-refractivity contribution is 5.56. The Hall–Kier alpha value is -2.67. The van der Waals surface area contributed by atoms with E-state index in [1.165, 1.54) is 5.56 Å². The van der Waals surface area contributed by atoms with E-state index in [0.29, 0.717) is 18.1 Å². The fourth-order valence-electron chi connectivity index (χ4n) is 2.96. The standard InChI is InChI=1S/C17H20N6O/c1-23-11-12(10-20-23)9-19-16-13-4-6-18-7-5-14(13)21-17(22-16)15-3-2-8-24-15/h2-3,8,10-11,18H,4-7,9H2,1H3,(H,19,21,22). The zero-order chi connectivity index (χ0) is 16.4. The Kier molecular flexibility index (Phi) is 4.00. The van der Waals surface area contributed by atoms with Crippen molar-refractivity contribution < 1.29 is 4.42 Å². The van der Waals surface area contributed by atoms with Crippen LogP contribution in [0.15, 0.2) is 35.2 Å². The Morgan fingerprint density at radius 2 is 2.21 bits per heavy atom. The third kappa shape index (κ3) is 3.03. The van der Waals surface area contributed by atoms with Gasteiger partial charge in [0.05, 0.1) is 18.2 Å². The smallest absolute Gasteiger partial charge is 0.197 e. The lowest BCUT2D eigenvalue weighted by Crippen LogP contribution is -2.16. The molecule has 1 aliphatic heterocycles. The number of hydrogen-bond donors (Lipinski definition) is 2. The molecule has 4 rings (SSSR count). The number of fused-ring (bicyclic) bond motifs is 1. The summed E-state index contributed by atoms with van der Waals surface area (Å²) < 4.78 is 7.28. The fraction of sp³-hybridized carbons (Fsp3) is 0.353. The number of nitrogens with one attached hydrogen (secondary N) is 2. The van der Waals surface area contributed by atoms with Gasteiger partial charge in [0.25, 0.3) is 0 Å². The van der Waals surface area contributed by atoms with Crippen molar-refractivity contribution >= 4 is 5.82 Å². The highest BCUT2D eigenvalue weighted by Gasteiger charge is 2.18. The Balaban J connectivity index is 1.68. The molecule has 0 aromatic carbocycles. The van der Waals surface area contributed by atoms with E-state index >= 15 is 0 Å². The minimum atomic E-state index is 0.634. The van der Waals surface area contributed by atoms with Crippen LogP contribution in [0, 0.1) is 0 Å². The van der Waals surface area contributed by atoms with Gasteiger partial charge in [0.1, 0.15) is 5.82 Å². The van der Waals surface area contributed by atoms with Crippen molar-refractivity contribution in [2.24, 2.45) is 7.05 Å². The Morgan fingerprint density at radius 1 is 1.29 bits per heavy atom. The molecular weight excluding hydrogens is 304 g/mol. The summed E-state index contributed by atoms with van der Waals surface area (Å²) >= 11 is 0. The first-order valence-electron chi connectivity index (χ1n) is 8.15. The van der Waals surface area contributed by atoms with Crippen LogP contribution in [-0.4, -0.2) is 32.8 Å². The molecular formula is C17H20N6O. The lowest BCUT2D eigenvalue weighted by Gasteiger charge is -2.13. The average molecular weight is 324 g/mol. The van der Waals surface area contributed by atoms with Crippen LogP contribution >= 0.6 is 0 Å². The van der Waals surface area contributed by atoms with E-state index in [1.54, 1.807) is 10.9 Å². The summed E-state index contributed by atoms with van der Waals surface area (Å²) in [4.78, 5) is 9.46. The second-order valence-electron chi connectivity index (χ2n) is 5.92. The van der Waals surface area contributed by atoms with Crippen molar-refractivity contribution in [2.75, 3.05) is 18.4 Å². The third-order valence-corrected chi connectivity index (χ3v) is 4.14. The van der Waals surface area contributed by atoms with Crippen molar-refractivity contribution in [3.8, 4) is 11.6 Å². The van der Waals surface area contributed by atoms with Crippen molar-refractivity contribution in [1.29, 1.82) is 0 Å². The lowest BCUT2D eigenvalue weighted by molar-refractivity contribution is 0.576. The average Bonchev–Trinajstić information content (AvgIpc) is 3.20. The minimum absolute atomic E-state index is 0.634. The summed E-state index contributed by atoms with van der Waals surface area (Å²) in [6.45, 7) is 2.56. The molecule has 24 heavy (non-hydrogen) atoms. The third-order valence-electron chi connectivity index (χ3n) is 4.14. The molecule has 0 bridgehead atoms. The van der Waals surface area contributed by atoms with E-state index in [2.05, 4.69) is 15.7 Å². The second-order valence-corrected chi connectivity index (χ2v) is 5.92. The summed E-state index contributed by atoms with van der Waals surface area (Å²) in [7, 11) is 1.92. The normalized spacial score (nSPS) is 14.2. The van der Waals surface area contributed by atoms with Crippen molar-refractivity contribution in [1.82, 2.24) is 25.1 Å². The van der Waals surface area contributed by atoms with Crippen molar-refractivity contribution in [2.45, 2.75) is 19.4 Å². The molecule has 0 fully saturated rings. The van der Waals surface area contributed by atoms with Crippen LogP contribution in [0.5, 0.6) is 0 Å². The monoisotopic (exact) mass is 324 g/mol. The molecule has 0 atom stereocenters. The van der Waals surface area contributed by atoms with Gasteiger partial charge in [0.2, 0.25) is 0 Å². The highest BCUT2D eigenvalue weighted by Crippen LogP contribution is 2.25. The number of aryl methyl sites for hydroxylation is 1. The molecule has 0 amide bonds. The summed E-state index contributed by atoms with van der Waals surface area (Å²) in [5, 5.41) is 11.1. The van der Waals surface area contributed by atoms with Gasteiger partial charge in [-0.1, -0.05) is 0 Å². The molecule has 7 nitrogen and oxygen atoms in total. The molecule has 3 aromatic heterocycles. The Morgan fingerprint density at radius 3 is 3.00 bits per heavy atom. The van der Waals surface area contributed by atoms with Crippen LogP contribution in [0.1, 0.15) is 16.8 Å². The minimum Gasteiger partial charge on any atom is -0.461 e. The topological polar surface area (TPSA) is 80.8 Å². The number of furan rings is 1. The second kappa shape index (κ2) is 6.45. The molecule has 7 heteroatoms. The number of nitrogens with zero attached hydrogens (tertiary/aromatic N) is 4. The van der Waals surface area contributed by atoms with E-state index in [1.807, 2.05) is 31.6 Å². The van der Waals surface area contributed by atoms with Crippen molar-refractivity contribution in [3.63, 3.8) is 0 Å². The lowest BCUT2D eigenvalue weighted by atomic mass is 10.1. The van der Waals surface area contributed by atoms with Crippen LogP contribution in [-0.2, 0) is 26.4 Å².